The lowest BCUT2D eigenvalue weighted by atomic mass is 10.2. The Kier molecular flexibility index (Phi) is 8.48. The highest BCUT2D eigenvalue weighted by atomic mass is 35.5. The lowest BCUT2D eigenvalue weighted by Crippen LogP contribution is -2.33. The molecule has 0 saturated carbocycles. The van der Waals surface area contributed by atoms with Gasteiger partial charge in [-0.1, -0.05) is 11.6 Å². The first-order valence-electron chi connectivity index (χ1n) is 6.18. The van der Waals surface area contributed by atoms with E-state index in [0.29, 0.717) is 11.3 Å². The number of nitrogens with one attached hydrogen (secondary N) is 1. The maximum Gasteiger partial charge on any atom is 0.490 e. The van der Waals surface area contributed by atoms with Gasteiger partial charge in [0, 0.05) is 12.1 Å². The van der Waals surface area contributed by atoms with Gasteiger partial charge in [0.1, 0.15) is 17.6 Å². The van der Waals surface area contributed by atoms with Crippen molar-refractivity contribution in [3.05, 3.63) is 28.5 Å². The van der Waals surface area contributed by atoms with Crippen molar-refractivity contribution in [2.24, 2.45) is 0 Å². The summed E-state index contributed by atoms with van der Waals surface area (Å²) in [5.41, 5.74) is 0.305. The Balaban J connectivity index is 0.000000640. The van der Waals surface area contributed by atoms with Crippen LogP contribution in [0.2, 0.25) is 5.02 Å². The average molecular weight is 376 g/mol. The molecule has 0 aliphatic heterocycles. The molecule has 1 atom stereocenters. The molecule has 0 unspecified atom stereocenters. The third-order valence-corrected chi connectivity index (χ3v) is 2.83. The molecule has 0 fully saturated rings. The van der Waals surface area contributed by atoms with Crippen LogP contribution in [0.5, 0.6) is 5.75 Å². The van der Waals surface area contributed by atoms with E-state index < -0.39 is 30.0 Å². The van der Waals surface area contributed by atoms with Gasteiger partial charge in [0.2, 0.25) is 0 Å². The second kappa shape index (κ2) is 9.28. The van der Waals surface area contributed by atoms with Gasteiger partial charge in [0.25, 0.3) is 0 Å². The number of rotatable bonds is 5. The second-order valence-corrected chi connectivity index (χ2v) is 4.73. The summed E-state index contributed by atoms with van der Waals surface area (Å²) in [5, 5.41) is 18.6. The molecule has 0 spiro atoms. The van der Waals surface area contributed by atoms with E-state index in [9.17, 15) is 22.4 Å². The van der Waals surface area contributed by atoms with Crippen molar-refractivity contribution in [1.82, 2.24) is 5.32 Å². The van der Waals surface area contributed by atoms with Crippen LogP contribution >= 0.6 is 11.6 Å². The summed E-state index contributed by atoms with van der Waals surface area (Å²) >= 11 is 5.74. The molecule has 0 aliphatic carbocycles. The number of hydrogen-bond acceptors (Lipinski definition) is 4. The first kappa shape index (κ1) is 21.9. The summed E-state index contributed by atoms with van der Waals surface area (Å²) in [6.45, 7) is 1.57. The summed E-state index contributed by atoms with van der Waals surface area (Å²) in [7, 11) is 1.43. The Morgan fingerprint density at radius 3 is 2.21 bits per heavy atom. The highest BCUT2D eigenvalue weighted by molar-refractivity contribution is 6.32. The number of carbonyl (C=O) groups is 2. The quantitative estimate of drug-likeness (QED) is 0.685. The Morgan fingerprint density at radius 1 is 1.33 bits per heavy atom. The zero-order valence-electron chi connectivity index (χ0n) is 12.4. The van der Waals surface area contributed by atoms with Gasteiger partial charge >= 0.3 is 18.1 Å². The van der Waals surface area contributed by atoms with Crippen LogP contribution in [-0.2, 0) is 16.1 Å². The fourth-order valence-electron chi connectivity index (χ4n) is 1.21. The Morgan fingerprint density at radius 2 is 1.83 bits per heavy atom. The minimum absolute atomic E-state index is 0.0901. The molecule has 0 amide bonds. The molecule has 0 heterocycles. The fourth-order valence-corrected chi connectivity index (χ4v) is 1.44. The predicted octanol–water partition coefficient (Wildman–Crippen LogP) is 2.68. The molecule has 11 heteroatoms. The van der Waals surface area contributed by atoms with Gasteiger partial charge in [-0.2, -0.15) is 13.2 Å². The summed E-state index contributed by atoms with van der Waals surface area (Å²) in [4.78, 5) is 19.5. The SMILES string of the molecule is COc1cc(CN[C@H](C)C(=O)O)c(F)cc1Cl.O=C(O)C(F)(F)F. The third kappa shape index (κ3) is 7.47. The molecular weight excluding hydrogens is 362 g/mol. The van der Waals surface area contributed by atoms with E-state index in [1.165, 1.54) is 20.1 Å². The topological polar surface area (TPSA) is 95.9 Å². The number of carboxylic acid groups (broad SMARTS) is 2. The van der Waals surface area contributed by atoms with Crippen molar-refractivity contribution < 1.29 is 42.1 Å². The van der Waals surface area contributed by atoms with Crippen molar-refractivity contribution in [2.75, 3.05) is 7.11 Å². The van der Waals surface area contributed by atoms with Crippen molar-refractivity contribution in [2.45, 2.75) is 25.7 Å². The molecule has 1 rings (SSSR count). The van der Waals surface area contributed by atoms with E-state index in [4.69, 9.17) is 31.3 Å². The van der Waals surface area contributed by atoms with E-state index in [2.05, 4.69) is 5.32 Å². The highest BCUT2D eigenvalue weighted by Gasteiger charge is 2.38. The van der Waals surface area contributed by atoms with Crippen molar-refractivity contribution >= 4 is 23.5 Å². The maximum atomic E-state index is 13.5. The highest BCUT2D eigenvalue weighted by Crippen LogP contribution is 2.27. The van der Waals surface area contributed by atoms with Crippen LogP contribution in [0.3, 0.4) is 0 Å². The lowest BCUT2D eigenvalue weighted by molar-refractivity contribution is -0.192. The van der Waals surface area contributed by atoms with Gasteiger partial charge in [-0.25, -0.2) is 9.18 Å². The van der Waals surface area contributed by atoms with E-state index in [1.807, 2.05) is 0 Å². The third-order valence-electron chi connectivity index (χ3n) is 2.53. The minimum Gasteiger partial charge on any atom is -0.495 e. The molecule has 0 saturated heterocycles. The second-order valence-electron chi connectivity index (χ2n) is 4.32. The number of benzene rings is 1. The molecule has 0 aromatic heterocycles. The van der Waals surface area contributed by atoms with Crippen LogP contribution in [0.25, 0.3) is 0 Å². The van der Waals surface area contributed by atoms with Crippen LogP contribution in [0.1, 0.15) is 12.5 Å². The fraction of sp³-hybridized carbons (Fsp3) is 0.385. The van der Waals surface area contributed by atoms with Crippen LogP contribution < -0.4 is 10.1 Å². The first-order valence-corrected chi connectivity index (χ1v) is 6.56. The molecule has 0 bridgehead atoms. The minimum atomic E-state index is -5.08. The Labute approximate surface area is 139 Å². The van der Waals surface area contributed by atoms with Crippen molar-refractivity contribution in [1.29, 1.82) is 0 Å². The standard InChI is InChI=1S/C11H13ClFNO3.C2HF3O2/c1-6(11(15)16)14-5-7-3-10(17-2)8(12)4-9(7)13;3-2(4,5)1(6)7/h3-4,6,14H,5H2,1-2H3,(H,15,16);(H,6,7)/t6-;/m1./s1. The molecule has 136 valence electrons. The molecule has 3 N–H and O–H groups in total. The monoisotopic (exact) mass is 375 g/mol. The number of ether oxygens (including phenoxy) is 1. The maximum absolute atomic E-state index is 13.5. The van der Waals surface area contributed by atoms with Crippen LogP contribution in [0.4, 0.5) is 17.6 Å². The zero-order chi connectivity index (χ0) is 19.1. The molecular formula is C13H14ClF4NO5. The number of hydrogen-bond donors (Lipinski definition) is 3. The van der Waals surface area contributed by atoms with Gasteiger partial charge in [-0.3, -0.25) is 4.79 Å². The number of carboxylic acids is 2. The van der Waals surface area contributed by atoms with Gasteiger partial charge in [0.15, 0.2) is 0 Å². The van der Waals surface area contributed by atoms with E-state index in [0.717, 1.165) is 6.07 Å². The van der Waals surface area contributed by atoms with E-state index in [1.54, 1.807) is 0 Å². The normalized spacial score (nSPS) is 12.0. The van der Waals surface area contributed by atoms with Crippen LogP contribution in [-0.4, -0.2) is 41.5 Å². The lowest BCUT2D eigenvalue weighted by Gasteiger charge is -2.11. The molecule has 0 aliphatic rings. The van der Waals surface area contributed by atoms with Crippen molar-refractivity contribution in [3.8, 4) is 5.75 Å². The van der Waals surface area contributed by atoms with Gasteiger partial charge in [-0.15, -0.1) is 0 Å². The number of alkyl halides is 3. The van der Waals surface area contributed by atoms with E-state index >= 15 is 0 Å². The first-order chi connectivity index (χ1) is 10.9. The van der Waals surface area contributed by atoms with E-state index in [-0.39, 0.29) is 11.6 Å². The van der Waals surface area contributed by atoms with Crippen LogP contribution in [0, 0.1) is 5.82 Å². The van der Waals surface area contributed by atoms with Gasteiger partial charge < -0.3 is 20.3 Å². The molecule has 1 aromatic rings. The number of aliphatic carboxylic acids is 2. The zero-order valence-corrected chi connectivity index (χ0v) is 13.2. The van der Waals surface area contributed by atoms with Gasteiger partial charge in [0.05, 0.1) is 12.1 Å². The molecule has 6 nitrogen and oxygen atoms in total. The number of halogens is 5. The van der Waals surface area contributed by atoms with Crippen LogP contribution in [0.15, 0.2) is 12.1 Å². The predicted molar refractivity (Wildman–Crippen MR) is 75.6 cm³/mol. The summed E-state index contributed by atoms with van der Waals surface area (Å²) in [6, 6.07) is 1.83. The largest absolute Gasteiger partial charge is 0.495 e. The smallest absolute Gasteiger partial charge is 0.490 e. The summed E-state index contributed by atoms with van der Waals surface area (Å²) in [5.74, 6) is -3.90. The Hall–Kier alpha value is -2.07. The average Bonchev–Trinajstić information content (AvgIpc) is 2.45. The summed E-state index contributed by atoms with van der Waals surface area (Å²) < 4.78 is 50.2. The number of methoxy groups -OCH3 is 1. The summed E-state index contributed by atoms with van der Waals surface area (Å²) in [6.07, 6.45) is -5.08. The Bertz CT molecular complexity index is 594. The molecule has 0 radical (unpaired) electrons. The van der Waals surface area contributed by atoms with Gasteiger partial charge in [-0.05, 0) is 19.1 Å². The molecule has 24 heavy (non-hydrogen) atoms. The molecule has 1 aromatic carbocycles. The van der Waals surface area contributed by atoms with Crippen molar-refractivity contribution in [3.63, 3.8) is 0 Å².